The molecule has 1 heterocycles. The van der Waals surface area contributed by atoms with Crippen LogP contribution in [0.2, 0.25) is 5.02 Å². The number of ether oxygens (including phenoxy) is 1. The standard InChI is InChI=1S/C15H14ClF3N4O/c16-11-3-4-12(21-8-11)9-23-14(20)22-7-10-1-5-13(6-2-10)24-15(17,18)19/h1-6,8H,7,9H2,(H3,20,22,23). The first kappa shape index (κ1) is 17.9. The summed E-state index contributed by atoms with van der Waals surface area (Å²) < 4.78 is 40.0. The van der Waals surface area contributed by atoms with E-state index in [1.165, 1.54) is 30.5 Å². The van der Waals surface area contributed by atoms with Gasteiger partial charge in [0.1, 0.15) is 5.75 Å². The summed E-state index contributed by atoms with van der Waals surface area (Å²) in [5.74, 6) is -0.0856. The third kappa shape index (κ3) is 6.33. The maximum atomic E-state index is 12.1. The second kappa shape index (κ2) is 7.87. The molecule has 3 N–H and O–H groups in total. The number of guanidine groups is 1. The molecule has 1 aromatic carbocycles. The fraction of sp³-hybridized carbons (Fsp3) is 0.200. The number of nitrogens with zero attached hydrogens (tertiary/aromatic N) is 2. The highest BCUT2D eigenvalue weighted by atomic mass is 35.5. The van der Waals surface area contributed by atoms with Gasteiger partial charge >= 0.3 is 6.36 Å². The van der Waals surface area contributed by atoms with Gasteiger partial charge in [-0.3, -0.25) is 4.98 Å². The van der Waals surface area contributed by atoms with Crippen LogP contribution in [0.1, 0.15) is 11.3 Å². The first-order valence-corrected chi connectivity index (χ1v) is 7.18. The molecule has 1 aromatic heterocycles. The Kier molecular flexibility index (Phi) is 5.86. The average molecular weight is 359 g/mol. The molecule has 0 atom stereocenters. The molecule has 0 aliphatic carbocycles. The van der Waals surface area contributed by atoms with Gasteiger partial charge in [-0.15, -0.1) is 13.2 Å². The zero-order chi connectivity index (χ0) is 17.6. The van der Waals surface area contributed by atoms with E-state index in [2.05, 4.69) is 20.0 Å². The summed E-state index contributed by atoms with van der Waals surface area (Å²) in [5.41, 5.74) is 7.16. The summed E-state index contributed by atoms with van der Waals surface area (Å²) in [6.07, 6.45) is -3.18. The number of benzene rings is 1. The van der Waals surface area contributed by atoms with E-state index in [4.69, 9.17) is 17.3 Å². The highest BCUT2D eigenvalue weighted by Crippen LogP contribution is 2.22. The number of hydrogen-bond acceptors (Lipinski definition) is 3. The SMILES string of the molecule is NC(=NCc1ccc(OC(F)(F)F)cc1)NCc1ccc(Cl)cn1. The highest BCUT2D eigenvalue weighted by molar-refractivity contribution is 6.30. The molecule has 24 heavy (non-hydrogen) atoms. The highest BCUT2D eigenvalue weighted by Gasteiger charge is 2.30. The van der Waals surface area contributed by atoms with Crippen molar-refractivity contribution in [3.8, 4) is 5.75 Å². The summed E-state index contributed by atoms with van der Waals surface area (Å²) in [4.78, 5) is 8.19. The monoisotopic (exact) mass is 358 g/mol. The van der Waals surface area contributed by atoms with Crippen LogP contribution < -0.4 is 15.8 Å². The molecular formula is C15H14ClF3N4O. The van der Waals surface area contributed by atoms with Gasteiger partial charge in [-0.25, -0.2) is 4.99 Å². The lowest BCUT2D eigenvalue weighted by Crippen LogP contribution is -2.31. The normalized spacial score (nSPS) is 12.1. The van der Waals surface area contributed by atoms with Crippen molar-refractivity contribution < 1.29 is 17.9 Å². The van der Waals surface area contributed by atoms with Gasteiger partial charge in [-0.05, 0) is 29.8 Å². The number of pyridine rings is 1. The minimum absolute atomic E-state index is 0.197. The van der Waals surface area contributed by atoms with E-state index in [0.29, 0.717) is 17.1 Å². The van der Waals surface area contributed by atoms with E-state index < -0.39 is 6.36 Å². The van der Waals surface area contributed by atoms with Gasteiger partial charge in [0.2, 0.25) is 0 Å². The molecular weight excluding hydrogens is 345 g/mol. The number of aromatic nitrogens is 1. The number of aliphatic imine (C=N–C) groups is 1. The van der Waals surface area contributed by atoms with Crippen LogP contribution in [0.3, 0.4) is 0 Å². The molecule has 0 unspecified atom stereocenters. The topological polar surface area (TPSA) is 72.5 Å². The molecule has 0 saturated heterocycles. The van der Waals surface area contributed by atoms with Crippen molar-refractivity contribution in [3.63, 3.8) is 0 Å². The number of alkyl halides is 3. The van der Waals surface area contributed by atoms with E-state index >= 15 is 0 Å². The Labute approximate surface area is 141 Å². The smallest absolute Gasteiger partial charge is 0.406 e. The Hall–Kier alpha value is -2.48. The van der Waals surface area contributed by atoms with Crippen molar-refractivity contribution >= 4 is 17.6 Å². The number of rotatable bonds is 5. The van der Waals surface area contributed by atoms with Gasteiger partial charge in [0.15, 0.2) is 5.96 Å². The predicted octanol–water partition coefficient (Wildman–Crippen LogP) is 3.24. The van der Waals surface area contributed by atoms with Crippen molar-refractivity contribution in [1.82, 2.24) is 10.3 Å². The van der Waals surface area contributed by atoms with Gasteiger partial charge in [-0.2, -0.15) is 0 Å². The summed E-state index contributed by atoms with van der Waals surface area (Å²) >= 11 is 5.74. The van der Waals surface area contributed by atoms with E-state index in [9.17, 15) is 13.2 Å². The van der Waals surface area contributed by atoms with Crippen LogP contribution in [0.5, 0.6) is 5.75 Å². The zero-order valence-corrected chi connectivity index (χ0v) is 13.1. The molecule has 5 nitrogen and oxygen atoms in total. The summed E-state index contributed by atoms with van der Waals surface area (Å²) in [6, 6.07) is 8.88. The lowest BCUT2D eigenvalue weighted by molar-refractivity contribution is -0.274. The first-order valence-electron chi connectivity index (χ1n) is 6.81. The third-order valence-corrected chi connectivity index (χ3v) is 3.05. The van der Waals surface area contributed by atoms with Crippen molar-refractivity contribution in [2.45, 2.75) is 19.5 Å². The number of hydrogen-bond donors (Lipinski definition) is 2. The zero-order valence-electron chi connectivity index (χ0n) is 12.3. The molecule has 2 aromatic rings. The lowest BCUT2D eigenvalue weighted by atomic mass is 10.2. The summed E-state index contributed by atoms with van der Waals surface area (Å²) in [6.45, 7) is 0.601. The molecule has 9 heteroatoms. The fourth-order valence-electron chi connectivity index (χ4n) is 1.72. The second-order valence-corrected chi connectivity index (χ2v) is 5.15. The van der Waals surface area contributed by atoms with Crippen molar-refractivity contribution in [1.29, 1.82) is 0 Å². The summed E-state index contributed by atoms with van der Waals surface area (Å²) in [5, 5.41) is 3.42. The lowest BCUT2D eigenvalue weighted by Gasteiger charge is -2.09. The minimum atomic E-state index is -4.70. The average Bonchev–Trinajstić information content (AvgIpc) is 2.52. The third-order valence-electron chi connectivity index (χ3n) is 2.83. The molecule has 2 rings (SSSR count). The molecule has 128 valence electrons. The Morgan fingerprint density at radius 3 is 2.50 bits per heavy atom. The quantitative estimate of drug-likeness (QED) is 0.635. The van der Waals surface area contributed by atoms with E-state index in [-0.39, 0.29) is 18.3 Å². The van der Waals surface area contributed by atoms with Crippen molar-refractivity contribution in [3.05, 3.63) is 58.9 Å². The number of nitrogens with one attached hydrogen (secondary N) is 1. The van der Waals surface area contributed by atoms with E-state index in [1.807, 2.05) is 0 Å². The predicted molar refractivity (Wildman–Crippen MR) is 84.5 cm³/mol. The number of nitrogens with two attached hydrogens (primary N) is 1. The van der Waals surface area contributed by atoms with Crippen LogP contribution in [0.15, 0.2) is 47.6 Å². The van der Waals surface area contributed by atoms with Gasteiger partial charge < -0.3 is 15.8 Å². The van der Waals surface area contributed by atoms with Crippen LogP contribution in [-0.4, -0.2) is 17.3 Å². The van der Waals surface area contributed by atoms with Gasteiger partial charge in [0.05, 0.1) is 23.8 Å². The molecule has 0 spiro atoms. The van der Waals surface area contributed by atoms with Crippen LogP contribution in [-0.2, 0) is 13.1 Å². The summed E-state index contributed by atoms with van der Waals surface area (Å²) in [7, 11) is 0. The Balaban J connectivity index is 1.84. The van der Waals surface area contributed by atoms with Crippen LogP contribution >= 0.6 is 11.6 Å². The Morgan fingerprint density at radius 2 is 1.92 bits per heavy atom. The molecule has 0 aliphatic heterocycles. The van der Waals surface area contributed by atoms with E-state index in [1.54, 1.807) is 12.1 Å². The number of halogens is 4. The fourth-order valence-corrected chi connectivity index (χ4v) is 1.83. The molecule has 0 aliphatic rings. The van der Waals surface area contributed by atoms with Crippen LogP contribution in [0.4, 0.5) is 13.2 Å². The van der Waals surface area contributed by atoms with Gasteiger partial charge in [-0.1, -0.05) is 23.7 Å². The largest absolute Gasteiger partial charge is 0.573 e. The van der Waals surface area contributed by atoms with Crippen LogP contribution in [0.25, 0.3) is 0 Å². The molecule has 0 saturated carbocycles. The van der Waals surface area contributed by atoms with Gasteiger partial charge in [0.25, 0.3) is 0 Å². The van der Waals surface area contributed by atoms with Gasteiger partial charge in [0, 0.05) is 6.20 Å². The Bertz CT molecular complexity index is 687. The molecule has 0 amide bonds. The maximum absolute atomic E-state index is 12.1. The Morgan fingerprint density at radius 1 is 1.21 bits per heavy atom. The maximum Gasteiger partial charge on any atom is 0.573 e. The molecule has 0 bridgehead atoms. The van der Waals surface area contributed by atoms with Crippen LogP contribution in [0, 0.1) is 0 Å². The van der Waals surface area contributed by atoms with Crippen molar-refractivity contribution in [2.75, 3.05) is 0 Å². The van der Waals surface area contributed by atoms with Crippen molar-refractivity contribution in [2.24, 2.45) is 10.7 Å². The second-order valence-electron chi connectivity index (χ2n) is 4.71. The molecule has 0 radical (unpaired) electrons. The minimum Gasteiger partial charge on any atom is -0.406 e. The molecule has 0 fully saturated rings. The first-order chi connectivity index (χ1) is 11.3. The van der Waals surface area contributed by atoms with E-state index in [0.717, 1.165) is 5.69 Å².